The average Bonchev–Trinajstić information content (AvgIpc) is 2.99. The van der Waals surface area contributed by atoms with Gasteiger partial charge in [0, 0.05) is 0 Å². The Morgan fingerprint density at radius 1 is 1.19 bits per heavy atom. The van der Waals surface area contributed by atoms with E-state index in [1.165, 1.54) is 12.0 Å². The van der Waals surface area contributed by atoms with Gasteiger partial charge in [-0.1, -0.05) is 42.4 Å². The first-order chi connectivity index (χ1) is 10.3. The van der Waals surface area contributed by atoms with Crippen LogP contribution in [0.5, 0.6) is 0 Å². The summed E-state index contributed by atoms with van der Waals surface area (Å²) in [6.45, 7) is 3.22. The average molecular weight is 283 g/mol. The maximum Gasteiger partial charge on any atom is 0.246 e. The number of rotatable bonds is 4. The van der Waals surface area contributed by atoms with Crippen LogP contribution >= 0.6 is 0 Å². The molecule has 0 radical (unpaired) electrons. The van der Waals surface area contributed by atoms with Gasteiger partial charge in [-0.25, -0.2) is 0 Å². The van der Waals surface area contributed by atoms with Crippen molar-refractivity contribution in [1.29, 1.82) is 0 Å². The molecule has 1 aliphatic heterocycles. The normalized spacial score (nSPS) is 26.9. The third-order valence-electron chi connectivity index (χ3n) is 5.19. The van der Waals surface area contributed by atoms with Crippen molar-refractivity contribution in [3.63, 3.8) is 0 Å². The van der Waals surface area contributed by atoms with Gasteiger partial charge in [0.05, 0.1) is 11.0 Å². The van der Waals surface area contributed by atoms with Gasteiger partial charge in [-0.05, 0) is 44.2 Å². The van der Waals surface area contributed by atoms with Gasteiger partial charge >= 0.3 is 0 Å². The van der Waals surface area contributed by atoms with E-state index in [9.17, 15) is 0 Å². The lowest BCUT2D eigenvalue weighted by molar-refractivity contribution is 0.249. The molecule has 1 unspecified atom stereocenters. The molecule has 4 rings (SSSR count). The summed E-state index contributed by atoms with van der Waals surface area (Å²) in [5, 5.41) is 7.90. The van der Waals surface area contributed by atoms with E-state index in [1.807, 2.05) is 0 Å². The van der Waals surface area contributed by atoms with Gasteiger partial charge in [0.1, 0.15) is 0 Å². The molecule has 2 fully saturated rings. The van der Waals surface area contributed by atoms with Crippen LogP contribution in [-0.4, -0.2) is 16.7 Å². The standard InChI is InChI=1S/C17H21N3O/c1-2-17(9-6-12-18-17)15-19-14(20-21-15)16(10-11-16)13-7-4-3-5-8-13/h3-5,7-8,18H,2,6,9-12H2,1H3. The molecule has 2 aliphatic rings. The lowest BCUT2D eigenvalue weighted by atomic mass is 9.93. The van der Waals surface area contributed by atoms with Crippen LogP contribution < -0.4 is 5.32 Å². The predicted octanol–water partition coefficient (Wildman–Crippen LogP) is 3.14. The molecule has 2 aromatic rings. The molecule has 110 valence electrons. The topological polar surface area (TPSA) is 51.0 Å². The molecule has 0 amide bonds. The highest BCUT2D eigenvalue weighted by molar-refractivity contribution is 5.38. The summed E-state index contributed by atoms with van der Waals surface area (Å²) in [6.07, 6.45) is 5.48. The summed E-state index contributed by atoms with van der Waals surface area (Å²) in [7, 11) is 0. The SMILES string of the molecule is CCC1(c2nc(C3(c4ccccc4)CC3)no2)CCCN1. The fourth-order valence-corrected chi connectivity index (χ4v) is 3.58. The van der Waals surface area contributed by atoms with Crippen LogP contribution in [0.2, 0.25) is 0 Å². The van der Waals surface area contributed by atoms with E-state index in [0.717, 1.165) is 43.9 Å². The van der Waals surface area contributed by atoms with Gasteiger partial charge in [-0.15, -0.1) is 0 Å². The van der Waals surface area contributed by atoms with Crippen molar-refractivity contribution in [3.05, 3.63) is 47.6 Å². The summed E-state index contributed by atoms with van der Waals surface area (Å²) in [6, 6.07) is 10.6. The van der Waals surface area contributed by atoms with Gasteiger partial charge in [0.2, 0.25) is 5.89 Å². The van der Waals surface area contributed by atoms with Crippen molar-refractivity contribution in [2.45, 2.75) is 50.0 Å². The van der Waals surface area contributed by atoms with Crippen molar-refractivity contribution in [2.24, 2.45) is 0 Å². The summed E-state index contributed by atoms with van der Waals surface area (Å²) >= 11 is 0. The Morgan fingerprint density at radius 3 is 2.62 bits per heavy atom. The van der Waals surface area contributed by atoms with Crippen LogP contribution in [0, 0.1) is 0 Å². The van der Waals surface area contributed by atoms with E-state index in [-0.39, 0.29) is 11.0 Å². The molecule has 2 heterocycles. The molecular formula is C17H21N3O. The van der Waals surface area contributed by atoms with Crippen molar-refractivity contribution < 1.29 is 4.52 Å². The zero-order valence-electron chi connectivity index (χ0n) is 12.4. The molecule has 1 aromatic carbocycles. The fourth-order valence-electron chi connectivity index (χ4n) is 3.58. The second kappa shape index (κ2) is 4.67. The molecule has 4 nitrogen and oxygen atoms in total. The van der Waals surface area contributed by atoms with E-state index >= 15 is 0 Å². The Labute approximate surface area is 124 Å². The van der Waals surface area contributed by atoms with Gasteiger partial charge in [0.25, 0.3) is 0 Å². The Hall–Kier alpha value is -1.68. The van der Waals surface area contributed by atoms with Crippen LogP contribution in [0.25, 0.3) is 0 Å². The molecule has 0 bridgehead atoms. The lowest BCUT2D eigenvalue weighted by Gasteiger charge is -2.22. The van der Waals surface area contributed by atoms with Crippen LogP contribution in [0.3, 0.4) is 0 Å². The molecule has 1 saturated heterocycles. The van der Waals surface area contributed by atoms with Crippen LogP contribution in [0.15, 0.2) is 34.9 Å². The number of benzene rings is 1. The van der Waals surface area contributed by atoms with E-state index in [1.54, 1.807) is 0 Å². The minimum absolute atomic E-state index is 0.00343. The van der Waals surface area contributed by atoms with E-state index in [2.05, 4.69) is 47.7 Å². The number of aromatic nitrogens is 2. The highest BCUT2D eigenvalue weighted by Gasteiger charge is 2.51. The smallest absolute Gasteiger partial charge is 0.246 e. The second-order valence-corrected chi connectivity index (χ2v) is 6.34. The lowest BCUT2D eigenvalue weighted by Crippen LogP contribution is -2.36. The predicted molar refractivity (Wildman–Crippen MR) is 80.0 cm³/mol. The van der Waals surface area contributed by atoms with Gasteiger partial charge in [-0.2, -0.15) is 4.98 Å². The molecule has 4 heteroatoms. The summed E-state index contributed by atoms with van der Waals surface area (Å²) in [4.78, 5) is 4.81. The first-order valence-corrected chi connectivity index (χ1v) is 7.94. The summed E-state index contributed by atoms with van der Waals surface area (Å²) < 4.78 is 5.67. The zero-order chi connectivity index (χ0) is 14.3. The fraction of sp³-hybridized carbons (Fsp3) is 0.529. The van der Waals surface area contributed by atoms with Crippen LogP contribution in [0.1, 0.15) is 56.3 Å². The quantitative estimate of drug-likeness (QED) is 0.936. The molecule has 1 saturated carbocycles. The van der Waals surface area contributed by atoms with E-state index < -0.39 is 0 Å². The first kappa shape index (κ1) is 13.0. The van der Waals surface area contributed by atoms with Gasteiger partial charge in [-0.3, -0.25) is 0 Å². The third kappa shape index (κ3) is 1.93. The van der Waals surface area contributed by atoms with Crippen LogP contribution in [0.4, 0.5) is 0 Å². The second-order valence-electron chi connectivity index (χ2n) is 6.34. The van der Waals surface area contributed by atoms with Crippen molar-refractivity contribution in [1.82, 2.24) is 15.5 Å². The summed E-state index contributed by atoms with van der Waals surface area (Å²) in [5.74, 6) is 1.64. The Balaban J connectivity index is 1.69. The minimum atomic E-state index is -0.0992. The van der Waals surface area contributed by atoms with Crippen LogP contribution in [-0.2, 0) is 11.0 Å². The van der Waals surface area contributed by atoms with Crippen molar-refractivity contribution >= 4 is 0 Å². The maximum absolute atomic E-state index is 5.67. The summed E-state index contributed by atoms with van der Waals surface area (Å²) in [5.41, 5.74) is 1.21. The Bertz CT molecular complexity index is 624. The van der Waals surface area contributed by atoms with Gasteiger partial charge in [0.15, 0.2) is 5.82 Å². The maximum atomic E-state index is 5.67. The first-order valence-electron chi connectivity index (χ1n) is 7.94. The molecule has 1 aliphatic carbocycles. The minimum Gasteiger partial charge on any atom is -0.337 e. The molecule has 21 heavy (non-hydrogen) atoms. The van der Waals surface area contributed by atoms with Crippen molar-refractivity contribution in [2.75, 3.05) is 6.54 Å². The Morgan fingerprint density at radius 2 is 2.00 bits per heavy atom. The van der Waals surface area contributed by atoms with Gasteiger partial charge < -0.3 is 9.84 Å². The van der Waals surface area contributed by atoms with E-state index in [0.29, 0.717) is 0 Å². The monoisotopic (exact) mass is 283 g/mol. The number of nitrogens with zero attached hydrogens (tertiary/aromatic N) is 2. The number of nitrogens with one attached hydrogen (secondary N) is 1. The molecule has 1 atom stereocenters. The number of hydrogen-bond acceptors (Lipinski definition) is 4. The largest absolute Gasteiger partial charge is 0.337 e. The molecule has 1 aromatic heterocycles. The Kier molecular flexibility index (Phi) is 2.89. The highest BCUT2D eigenvalue weighted by Crippen LogP contribution is 2.52. The molecule has 1 N–H and O–H groups in total. The highest BCUT2D eigenvalue weighted by atomic mass is 16.5. The third-order valence-corrected chi connectivity index (χ3v) is 5.19. The molecule has 0 spiro atoms. The zero-order valence-corrected chi connectivity index (χ0v) is 12.4. The number of hydrogen-bond donors (Lipinski definition) is 1. The van der Waals surface area contributed by atoms with E-state index in [4.69, 9.17) is 9.51 Å². The van der Waals surface area contributed by atoms with Crippen molar-refractivity contribution in [3.8, 4) is 0 Å². The molecular weight excluding hydrogens is 262 g/mol.